The van der Waals surface area contributed by atoms with E-state index in [9.17, 15) is 9.90 Å². The second-order valence-electron chi connectivity index (χ2n) is 5.46. The fourth-order valence-electron chi connectivity index (χ4n) is 2.55. The van der Waals surface area contributed by atoms with Gasteiger partial charge in [0.15, 0.2) is 5.11 Å². The van der Waals surface area contributed by atoms with E-state index in [0.29, 0.717) is 17.1 Å². The molecule has 0 unspecified atom stereocenters. The summed E-state index contributed by atoms with van der Waals surface area (Å²) in [5.74, 6) is -0.557. The third-order valence-corrected chi connectivity index (χ3v) is 4.09. The lowest BCUT2D eigenvalue weighted by Gasteiger charge is -2.30. The molecule has 2 atom stereocenters. The highest BCUT2D eigenvalue weighted by Crippen LogP contribution is 2.23. The van der Waals surface area contributed by atoms with Crippen molar-refractivity contribution in [1.29, 1.82) is 0 Å². The molecule has 3 N–H and O–H groups in total. The molecule has 0 radical (unpaired) electrons. The average molecular weight is 306 g/mol. The van der Waals surface area contributed by atoms with Crippen LogP contribution in [0.1, 0.15) is 43.0 Å². The standard InChI is InChI=1S/C15H21N3O2S/c1-10-4-2-3-5-13(10)16-15(21)18-17-12-8-6-11(7-9-12)14(19)20/h6-10,13,17H,2-5H2,1H3,(H,19,20)(H2,16,18,21)/p-1/t10-,13-/m0/s1. The number of carboxylic acid groups (broad SMARTS) is 1. The van der Waals surface area contributed by atoms with Gasteiger partial charge in [0.2, 0.25) is 0 Å². The lowest BCUT2D eigenvalue weighted by molar-refractivity contribution is -0.255. The van der Waals surface area contributed by atoms with Crippen LogP contribution in [0.3, 0.4) is 0 Å². The molecule has 21 heavy (non-hydrogen) atoms. The Morgan fingerprint density at radius 3 is 2.52 bits per heavy atom. The highest BCUT2D eigenvalue weighted by atomic mass is 32.1. The highest BCUT2D eigenvalue weighted by molar-refractivity contribution is 7.80. The van der Waals surface area contributed by atoms with E-state index >= 15 is 0 Å². The van der Waals surface area contributed by atoms with E-state index in [1.54, 1.807) is 12.1 Å². The normalized spacial score (nSPS) is 21.4. The van der Waals surface area contributed by atoms with Crippen molar-refractivity contribution < 1.29 is 9.90 Å². The number of benzene rings is 1. The number of hydrogen-bond donors (Lipinski definition) is 3. The van der Waals surface area contributed by atoms with Gasteiger partial charge in [-0.3, -0.25) is 10.9 Å². The molecule has 114 valence electrons. The number of hydrogen-bond acceptors (Lipinski definition) is 4. The Morgan fingerprint density at radius 2 is 1.90 bits per heavy atom. The molecule has 1 aliphatic rings. The van der Waals surface area contributed by atoms with Gasteiger partial charge in [0.25, 0.3) is 0 Å². The summed E-state index contributed by atoms with van der Waals surface area (Å²) in [7, 11) is 0. The number of hydrazine groups is 1. The van der Waals surface area contributed by atoms with Crippen LogP contribution in [0.25, 0.3) is 0 Å². The molecule has 0 bridgehead atoms. The summed E-state index contributed by atoms with van der Waals surface area (Å²) in [4.78, 5) is 10.7. The average Bonchev–Trinajstić information content (AvgIpc) is 2.48. The monoisotopic (exact) mass is 306 g/mol. The summed E-state index contributed by atoms with van der Waals surface area (Å²) in [6.45, 7) is 2.24. The minimum Gasteiger partial charge on any atom is -0.545 e. The summed E-state index contributed by atoms with van der Waals surface area (Å²) in [5, 5.41) is 14.5. The Morgan fingerprint density at radius 1 is 1.24 bits per heavy atom. The smallest absolute Gasteiger partial charge is 0.185 e. The molecule has 0 aromatic heterocycles. The van der Waals surface area contributed by atoms with Crippen molar-refractivity contribution in [1.82, 2.24) is 10.7 Å². The van der Waals surface area contributed by atoms with Gasteiger partial charge in [0, 0.05) is 6.04 Å². The second kappa shape index (κ2) is 7.26. The molecule has 2 rings (SSSR count). The van der Waals surface area contributed by atoms with Crippen LogP contribution in [0.2, 0.25) is 0 Å². The maximum absolute atomic E-state index is 10.7. The van der Waals surface area contributed by atoms with Crippen molar-refractivity contribution in [3.63, 3.8) is 0 Å². The van der Waals surface area contributed by atoms with Gasteiger partial charge in [-0.2, -0.15) is 0 Å². The second-order valence-corrected chi connectivity index (χ2v) is 5.86. The number of thiocarbonyl (C=S) groups is 1. The maximum Gasteiger partial charge on any atom is 0.185 e. The van der Waals surface area contributed by atoms with Crippen LogP contribution < -0.4 is 21.3 Å². The SMILES string of the molecule is C[C@H]1CCCC[C@@H]1NC(=S)NNc1ccc(C(=O)[O-])cc1. The van der Waals surface area contributed by atoms with Gasteiger partial charge in [0.05, 0.1) is 11.7 Å². The van der Waals surface area contributed by atoms with Gasteiger partial charge >= 0.3 is 0 Å². The predicted molar refractivity (Wildman–Crippen MR) is 84.7 cm³/mol. The quantitative estimate of drug-likeness (QED) is 0.577. The summed E-state index contributed by atoms with van der Waals surface area (Å²) >= 11 is 5.27. The van der Waals surface area contributed by atoms with Gasteiger partial charge in [-0.15, -0.1) is 0 Å². The highest BCUT2D eigenvalue weighted by Gasteiger charge is 2.21. The van der Waals surface area contributed by atoms with Crippen molar-refractivity contribution in [2.75, 3.05) is 5.43 Å². The molecule has 0 saturated heterocycles. The summed E-state index contributed by atoms with van der Waals surface area (Å²) in [6.07, 6.45) is 4.91. The zero-order chi connectivity index (χ0) is 15.2. The van der Waals surface area contributed by atoms with E-state index in [2.05, 4.69) is 23.1 Å². The zero-order valence-corrected chi connectivity index (χ0v) is 12.8. The van der Waals surface area contributed by atoms with E-state index < -0.39 is 5.97 Å². The number of rotatable bonds is 4. The molecule has 1 fully saturated rings. The number of anilines is 1. The van der Waals surface area contributed by atoms with Crippen LogP contribution in [0.4, 0.5) is 5.69 Å². The Labute approximate surface area is 130 Å². The third-order valence-electron chi connectivity index (χ3n) is 3.87. The van der Waals surface area contributed by atoms with Crippen LogP contribution in [0, 0.1) is 5.92 Å². The Hall–Kier alpha value is -1.82. The fraction of sp³-hybridized carbons (Fsp3) is 0.467. The Balaban J connectivity index is 1.79. The molecule has 6 heteroatoms. The third kappa shape index (κ3) is 4.60. The van der Waals surface area contributed by atoms with Crippen LogP contribution in [-0.2, 0) is 0 Å². The first-order valence-corrected chi connectivity index (χ1v) is 7.61. The first-order valence-electron chi connectivity index (χ1n) is 7.20. The van der Waals surface area contributed by atoms with Crippen molar-refractivity contribution in [2.45, 2.75) is 38.6 Å². The Kier molecular flexibility index (Phi) is 5.38. The molecule has 0 aliphatic heterocycles. The lowest BCUT2D eigenvalue weighted by atomic mass is 9.86. The van der Waals surface area contributed by atoms with Crippen molar-refractivity contribution in [3.8, 4) is 0 Å². The van der Waals surface area contributed by atoms with E-state index in [1.165, 1.54) is 31.4 Å². The number of aromatic carboxylic acids is 1. The topological polar surface area (TPSA) is 76.2 Å². The maximum atomic E-state index is 10.7. The van der Waals surface area contributed by atoms with Crippen LogP contribution >= 0.6 is 12.2 Å². The molecule has 0 spiro atoms. The number of carbonyl (C=O) groups excluding carboxylic acids is 1. The van der Waals surface area contributed by atoms with Gasteiger partial charge in [-0.05, 0) is 48.7 Å². The number of carboxylic acids is 1. The first-order chi connectivity index (χ1) is 10.1. The number of carbonyl (C=O) groups is 1. The van der Waals surface area contributed by atoms with Crippen molar-refractivity contribution >= 4 is 29.0 Å². The van der Waals surface area contributed by atoms with Crippen molar-refractivity contribution in [2.24, 2.45) is 5.92 Å². The van der Waals surface area contributed by atoms with E-state index in [0.717, 1.165) is 12.1 Å². The molecule has 0 heterocycles. The predicted octanol–water partition coefficient (Wildman–Crippen LogP) is 1.42. The van der Waals surface area contributed by atoms with Gasteiger partial charge in [-0.25, -0.2) is 0 Å². The molecule has 5 nitrogen and oxygen atoms in total. The lowest BCUT2D eigenvalue weighted by Crippen LogP contribution is -2.47. The van der Waals surface area contributed by atoms with Crippen LogP contribution in [0.5, 0.6) is 0 Å². The fourth-order valence-corrected chi connectivity index (χ4v) is 2.76. The summed E-state index contributed by atoms with van der Waals surface area (Å²) in [5.41, 5.74) is 6.76. The largest absolute Gasteiger partial charge is 0.545 e. The molecule has 0 amide bonds. The summed E-state index contributed by atoms with van der Waals surface area (Å²) < 4.78 is 0. The van der Waals surface area contributed by atoms with Crippen LogP contribution in [0.15, 0.2) is 24.3 Å². The van der Waals surface area contributed by atoms with E-state index in [1.807, 2.05) is 0 Å². The van der Waals surface area contributed by atoms with E-state index in [4.69, 9.17) is 12.2 Å². The zero-order valence-electron chi connectivity index (χ0n) is 12.0. The minimum atomic E-state index is -1.18. The van der Waals surface area contributed by atoms with Crippen LogP contribution in [-0.4, -0.2) is 17.1 Å². The molecular weight excluding hydrogens is 286 g/mol. The summed E-state index contributed by atoms with van der Waals surface area (Å²) in [6, 6.07) is 6.70. The molecule has 1 aliphatic carbocycles. The van der Waals surface area contributed by atoms with E-state index in [-0.39, 0.29) is 5.56 Å². The number of nitrogens with one attached hydrogen (secondary N) is 3. The van der Waals surface area contributed by atoms with Crippen molar-refractivity contribution in [3.05, 3.63) is 29.8 Å². The Bertz CT molecular complexity index is 504. The minimum absolute atomic E-state index is 0.150. The first kappa shape index (κ1) is 15.6. The molecule has 1 saturated carbocycles. The van der Waals surface area contributed by atoms with Gasteiger partial charge in [-0.1, -0.05) is 31.9 Å². The van der Waals surface area contributed by atoms with Gasteiger partial charge < -0.3 is 15.2 Å². The molecule has 1 aromatic rings. The molecule has 1 aromatic carbocycles. The molecular formula is C15H20N3O2S-. The van der Waals surface area contributed by atoms with Gasteiger partial charge in [0.1, 0.15) is 0 Å².